The molecule has 0 heterocycles. The van der Waals surface area contributed by atoms with Gasteiger partial charge in [0, 0.05) is 23.1 Å². The summed E-state index contributed by atoms with van der Waals surface area (Å²) in [4.78, 5) is 0. The third-order valence-corrected chi connectivity index (χ3v) is 3.24. The number of halogens is 1. The van der Waals surface area contributed by atoms with Gasteiger partial charge in [-0.25, -0.2) is 0 Å². The highest BCUT2D eigenvalue weighted by Gasteiger charge is 2.00. The van der Waals surface area contributed by atoms with Gasteiger partial charge in [-0.2, -0.15) is 11.8 Å². The first-order valence-corrected chi connectivity index (χ1v) is 6.00. The fraction of sp³-hybridized carbons (Fsp3) is 0.400. The summed E-state index contributed by atoms with van der Waals surface area (Å²) >= 11 is 7.74. The van der Waals surface area contributed by atoms with E-state index in [9.17, 15) is 0 Å². The number of thioether (sulfide) groups is 1. The van der Waals surface area contributed by atoms with Crippen molar-refractivity contribution in [2.75, 3.05) is 18.1 Å². The smallest absolute Gasteiger partial charge is 0.0447 e. The van der Waals surface area contributed by atoms with E-state index in [2.05, 4.69) is 0 Å². The lowest BCUT2D eigenvalue weighted by Gasteiger charge is -2.04. The maximum absolute atomic E-state index is 8.60. The molecule has 0 saturated heterocycles. The Labute approximate surface area is 93.5 Å². The number of aliphatic hydroxyl groups is 1. The molecule has 0 aromatic heterocycles. The second kappa shape index (κ2) is 6.17. The zero-order valence-corrected chi connectivity index (χ0v) is 9.44. The molecule has 1 aromatic rings. The molecule has 0 aliphatic carbocycles. The molecule has 0 radical (unpaired) electrons. The summed E-state index contributed by atoms with van der Waals surface area (Å²) in [5, 5.41) is 9.36. The number of nitrogens with two attached hydrogens (primary N) is 1. The maximum atomic E-state index is 8.60. The first-order chi connectivity index (χ1) is 6.74. The predicted octanol–water partition coefficient (Wildman–Crippen LogP) is 2.54. The zero-order chi connectivity index (χ0) is 10.4. The van der Waals surface area contributed by atoms with Crippen LogP contribution in [-0.4, -0.2) is 17.5 Å². The van der Waals surface area contributed by atoms with Crippen LogP contribution in [0.15, 0.2) is 18.2 Å². The molecular formula is C10H14ClNOS. The average Bonchev–Trinajstić information content (AvgIpc) is 2.18. The Balaban J connectivity index is 2.45. The monoisotopic (exact) mass is 231 g/mol. The van der Waals surface area contributed by atoms with Crippen molar-refractivity contribution in [1.29, 1.82) is 0 Å². The predicted molar refractivity (Wildman–Crippen MR) is 63.7 cm³/mol. The fourth-order valence-electron chi connectivity index (χ4n) is 1.05. The van der Waals surface area contributed by atoms with Gasteiger partial charge in [0.25, 0.3) is 0 Å². The molecule has 78 valence electrons. The summed E-state index contributed by atoms with van der Waals surface area (Å²) < 4.78 is 0. The molecule has 0 saturated carbocycles. The Kier molecular flexibility index (Phi) is 5.15. The Morgan fingerprint density at radius 1 is 1.43 bits per heavy atom. The minimum Gasteiger partial charge on any atom is -0.399 e. The first kappa shape index (κ1) is 11.7. The molecule has 0 aliphatic heterocycles. The highest BCUT2D eigenvalue weighted by atomic mass is 35.5. The molecule has 0 bridgehead atoms. The van der Waals surface area contributed by atoms with Gasteiger partial charge in [-0.1, -0.05) is 11.6 Å². The number of anilines is 1. The van der Waals surface area contributed by atoms with Gasteiger partial charge >= 0.3 is 0 Å². The molecule has 1 rings (SSSR count). The molecule has 0 spiro atoms. The minimum absolute atomic E-state index is 0.248. The van der Waals surface area contributed by atoms with Gasteiger partial charge in [0.2, 0.25) is 0 Å². The van der Waals surface area contributed by atoms with Gasteiger partial charge in [0.1, 0.15) is 0 Å². The van der Waals surface area contributed by atoms with Crippen molar-refractivity contribution in [2.45, 2.75) is 12.2 Å². The molecule has 4 heteroatoms. The number of rotatable bonds is 5. The number of aliphatic hydroxyl groups excluding tert-OH is 1. The number of benzene rings is 1. The quantitative estimate of drug-likeness (QED) is 0.605. The number of nitrogen functional groups attached to an aromatic ring is 1. The number of hydrogen-bond acceptors (Lipinski definition) is 3. The van der Waals surface area contributed by atoms with Crippen LogP contribution in [0.3, 0.4) is 0 Å². The van der Waals surface area contributed by atoms with E-state index in [-0.39, 0.29) is 6.61 Å². The van der Waals surface area contributed by atoms with Crippen LogP contribution >= 0.6 is 23.4 Å². The van der Waals surface area contributed by atoms with Crippen LogP contribution in [0.2, 0.25) is 5.02 Å². The molecule has 14 heavy (non-hydrogen) atoms. The standard InChI is InChI=1S/C10H14ClNOS/c11-10-3-2-9(12)6-8(10)7-14-5-1-4-13/h2-3,6,13H,1,4-5,7,12H2. The van der Waals surface area contributed by atoms with Crippen molar-refractivity contribution >= 4 is 29.1 Å². The maximum Gasteiger partial charge on any atom is 0.0447 e. The summed E-state index contributed by atoms with van der Waals surface area (Å²) in [7, 11) is 0. The molecule has 3 N–H and O–H groups in total. The van der Waals surface area contributed by atoms with Crippen LogP contribution < -0.4 is 5.73 Å². The van der Waals surface area contributed by atoms with Crippen molar-refractivity contribution in [3.8, 4) is 0 Å². The van der Waals surface area contributed by atoms with Crippen molar-refractivity contribution in [3.63, 3.8) is 0 Å². The molecule has 0 unspecified atom stereocenters. The molecule has 0 fully saturated rings. The summed E-state index contributed by atoms with van der Waals surface area (Å²) in [6.07, 6.45) is 0.824. The van der Waals surface area contributed by atoms with E-state index in [1.165, 1.54) is 0 Å². The molecular weight excluding hydrogens is 218 g/mol. The highest BCUT2D eigenvalue weighted by Crippen LogP contribution is 2.23. The van der Waals surface area contributed by atoms with Gasteiger partial charge in [0.15, 0.2) is 0 Å². The van der Waals surface area contributed by atoms with Gasteiger partial charge in [-0.3, -0.25) is 0 Å². The van der Waals surface area contributed by atoms with Crippen molar-refractivity contribution < 1.29 is 5.11 Å². The van der Waals surface area contributed by atoms with Gasteiger partial charge in [-0.15, -0.1) is 0 Å². The zero-order valence-electron chi connectivity index (χ0n) is 7.87. The summed E-state index contributed by atoms with van der Waals surface area (Å²) in [6, 6.07) is 5.51. The van der Waals surface area contributed by atoms with Crippen LogP contribution in [-0.2, 0) is 5.75 Å². The first-order valence-electron chi connectivity index (χ1n) is 4.46. The summed E-state index contributed by atoms with van der Waals surface area (Å²) in [6.45, 7) is 0.248. The van der Waals surface area contributed by atoms with Gasteiger partial charge in [0.05, 0.1) is 0 Å². The summed E-state index contributed by atoms with van der Waals surface area (Å²) in [5.74, 6) is 1.80. The van der Waals surface area contributed by atoms with E-state index in [4.69, 9.17) is 22.4 Å². The average molecular weight is 232 g/mol. The van der Waals surface area contributed by atoms with E-state index in [1.54, 1.807) is 17.8 Å². The Morgan fingerprint density at radius 2 is 2.21 bits per heavy atom. The van der Waals surface area contributed by atoms with Crippen molar-refractivity contribution in [1.82, 2.24) is 0 Å². The van der Waals surface area contributed by atoms with Crippen LogP contribution in [0.4, 0.5) is 5.69 Å². The minimum atomic E-state index is 0.248. The third-order valence-electron chi connectivity index (χ3n) is 1.77. The summed E-state index contributed by atoms with van der Waals surface area (Å²) in [5.41, 5.74) is 7.46. The van der Waals surface area contributed by atoms with Gasteiger partial charge in [-0.05, 0) is 35.9 Å². The van der Waals surface area contributed by atoms with Crippen molar-refractivity contribution in [2.24, 2.45) is 0 Å². The number of hydrogen-bond donors (Lipinski definition) is 2. The Morgan fingerprint density at radius 3 is 2.93 bits per heavy atom. The van der Waals surface area contributed by atoms with Crippen molar-refractivity contribution in [3.05, 3.63) is 28.8 Å². The highest BCUT2D eigenvalue weighted by molar-refractivity contribution is 7.98. The molecule has 0 amide bonds. The van der Waals surface area contributed by atoms with Crippen LogP contribution in [0.1, 0.15) is 12.0 Å². The Bertz CT molecular complexity index is 293. The molecule has 0 atom stereocenters. The normalized spacial score (nSPS) is 10.4. The van der Waals surface area contributed by atoms with Crippen LogP contribution in [0.5, 0.6) is 0 Å². The molecule has 1 aromatic carbocycles. The third kappa shape index (κ3) is 3.78. The van der Waals surface area contributed by atoms with E-state index >= 15 is 0 Å². The fourth-order valence-corrected chi connectivity index (χ4v) is 2.25. The second-order valence-corrected chi connectivity index (χ2v) is 4.49. The van der Waals surface area contributed by atoms with E-state index in [0.29, 0.717) is 0 Å². The lowest BCUT2D eigenvalue weighted by Crippen LogP contribution is -1.91. The lowest BCUT2D eigenvalue weighted by atomic mass is 10.2. The molecule has 0 aliphatic rings. The topological polar surface area (TPSA) is 46.2 Å². The van der Waals surface area contributed by atoms with Crippen LogP contribution in [0.25, 0.3) is 0 Å². The van der Waals surface area contributed by atoms with Crippen LogP contribution in [0, 0.1) is 0 Å². The largest absolute Gasteiger partial charge is 0.399 e. The Hall–Kier alpha value is -0.380. The molecule has 2 nitrogen and oxygen atoms in total. The second-order valence-electron chi connectivity index (χ2n) is 2.98. The SMILES string of the molecule is Nc1ccc(Cl)c(CSCCCO)c1. The van der Waals surface area contributed by atoms with Gasteiger partial charge < -0.3 is 10.8 Å². The van der Waals surface area contributed by atoms with E-state index in [0.717, 1.165) is 34.2 Å². The van der Waals surface area contributed by atoms with E-state index in [1.807, 2.05) is 12.1 Å². The lowest BCUT2D eigenvalue weighted by molar-refractivity contribution is 0.296. The van der Waals surface area contributed by atoms with E-state index < -0.39 is 0 Å².